The van der Waals surface area contributed by atoms with Crippen molar-refractivity contribution in [2.45, 2.75) is 24.8 Å². The minimum Gasteiger partial charge on any atom is -0.269 e. The summed E-state index contributed by atoms with van der Waals surface area (Å²) in [7, 11) is -4.60. The molecule has 0 aromatic carbocycles. The molecular weight excluding hydrogens is 183 g/mol. The SMILES string of the molecule is CC(C)n1cc(S(=O)(=O)F)cn1. The van der Waals surface area contributed by atoms with Gasteiger partial charge in [0.1, 0.15) is 4.90 Å². The topological polar surface area (TPSA) is 52.0 Å². The van der Waals surface area contributed by atoms with Crippen LogP contribution >= 0.6 is 0 Å². The standard InChI is InChI=1S/C6H9FN2O2S/c1-5(2)9-4-6(3-8-9)12(7,10)11/h3-5H,1-2H3. The van der Waals surface area contributed by atoms with Gasteiger partial charge in [-0.1, -0.05) is 0 Å². The molecule has 0 saturated heterocycles. The van der Waals surface area contributed by atoms with E-state index in [1.165, 1.54) is 10.9 Å². The molecule has 0 bridgehead atoms. The highest BCUT2D eigenvalue weighted by Gasteiger charge is 2.14. The molecule has 0 saturated carbocycles. The highest BCUT2D eigenvalue weighted by molar-refractivity contribution is 7.86. The molecule has 1 rings (SSSR count). The van der Waals surface area contributed by atoms with Crippen LogP contribution in [0.25, 0.3) is 0 Å². The van der Waals surface area contributed by atoms with Gasteiger partial charge < -0.3 is 0 Å². The van der Waals surface area contributed by atoms with Crippen molar-refractivity contribution in [2.75, 3.05) is 0 Å². The molecule has 0 fully saturated rings. The van der Waals surface area contributed by atoms with Gasteiger partial charge in [-0.05, 0) is 13.8 Å². The van der Waals surface area contributed by atoms with Crippen molar-refractivity contribution >= 4 is 10.2 Å². The lowest BCUT2D eigenvalue weighted by Crippen LogP contribution is -2.00. The number of hydrogen-bond acceptors (Lipinski definition) is 3. The number of nitrogens with zero attached hydrogens (tertiary/aromatic N) is 2. The molecule has 0 aliphatic carbocycles. The molecule has 0 aliphatic heterocycles. The lowest BCUT2D eigenvalue weighted by molar-refractivity contribution is 0.529. The minimum atomic E-state index is -4.60. The zero-order valence-corrected chi connectivity index (χ0v) is 7.55. The van der Waals surface area contributed by atoms with Crippen LogP contribution in [0.4, 0.5) is 3.89 Å². The largest absolute Gasteiger partial charge is 0.335 e. The number of halogens is 1. The van der Waals surface area contributed by atoms with Crippen molar-refractivity contribution < 1.29 is 12.3 Å². The van der Waals surface area contributed by atoms with Crippen LogP contribution in [0.15, 0.2) is 17.3 Å². The van der Waals surface area contributed by atoms with Gasteiger partial charge in [-0.15, -0.1) is 3.89 Å². The monoisotopic (exact) mass is 192 g/mol. The first-order valence-electron chi connectivity index (χ1n) is 3.40. The number of aromatic nitrogens is 2. The molecule has 6 heteroatoms. The van der Waals surface area contributed by atoms with Crippen molar-refractivity contribution in [2.24, 2.45) is 0 Å². The fourth-order valence-corrected chi connectivity index (χ4v) is 1.14. The maximum Gasteiger partial charge on any atom is 0.335 e. The predicted molar refractivity (Wildman–Crippen MR) is 40.9 cm³/mol. The van der Waals surface area contributed by atoms with Gasteiger partial charge in [-0.3, -0.25) is 4.68 Å². The third kappa shape index (κ3) is 1.82. The van der Waals surface area contributed by atoms with Crippen LogP contribution in [0.5, 0.6) is 0 Å². The maximum absolute atomic E-state index is 12.3. The Morgan fingerprint density at radius 3 is 2.42 bits per heavy atom. The molecule has 68 valence electrons. The van der Waals surface area contributed by atoms with E-state index in [0.717, 1.165) is 6.20 Å². The van der Waals surface area contributed by atoms with Crippen LogP contribution in [-0.4, -0.2) is 18.2 Å². The van der Waals surface area contributed by atoms with Gasteiger partial charge in [0.25, 0.3) is 0 Å². The van der Waals surface area contributed by atoms with E-state index in [2.05, 4.69) is 5.10 Å². The molecule has 0 atom stereocenters. The van der Waals surface area contributed by atoms with E-state index in [4.69, 9.17) is 0 Å². The molecule has 1 aromatic heterocycles. The Hall–Kier alpha value is -0.910. The average Bonchev–Trinajstić information content (AvgIpc) is 2.30. The van der Waals surface area contributed by atoms with Gasteiger partial charge in [-0.2, -0.15) is 13.5 Å². The van der Waals surface area contributed by atoms with Crippen LogP contribution in [-0.2, 0) is 10.2 Å². The zero-order chi connectivity index (χ0) is 9.35. The molecule has 0 radical (unpaired) electrons. The Morgan fingerprint density at radius 2 is 2.17 bits per heavy atom. The van der Waals surface area contributed by atoms with Crippen molar-refractivity contribution in [3.63, 3.8) is 0 Å². The Morgan fingerprint density at radius 1 is 1.58 bits per heavy atom. The third-order valence-corrected chi connectivity index (χ3v) is 2.16. The first-order chi connectivity index (χ1) is 5.41. The summed E-state index contributed by atoms with van der Waals surface area (Å²) in [5.41, 5.74) is 0. The minimum absolute atomic E-state index is 0.0282. The lowest BCUT2D eigenvalue weighted by atomic mass is 10.4. The molecule has 4 nitrogen and oxygen atoms in total. The van der Waals surface area contributed by atoms with Crippen LogP contribution in [0, 0.1) is 0 Å². The summed E-state index contributed by atoms with van der Waals surface area (Å²) in [6, 6.07) is 0.0282. The van der Waals surface area contributed by atoms with Gasteiger partial charge in [-0.25, -0.2) is 0 Å². The van der Waals surface area contributed by atoms with E-state index in [9.17, 15) is 12.3 Å². The smallest absolute Gasteiger partial charge is 0.269 e. The molecule has 0 amide bonds. The van der Waals surface area contributed by atoms with Crippen LogP contribution < -0.4 is 0 Å². The Labute approximate surface area is 70.2 Å². The molecule has 0 spiro atoms. The highest BCUT2D eigenvalue weighted by Crippen LogP contribution is 2.12. The maximum atomic E-state index is 12.3. The van der Waals surface area contributed by atoms with E-state index in [1.807, 2.05) is 13.8 Å². The summed E-state index contributed by atoms with van der Waals surface area (Å²) in [5, 5.41) is 3.68. The van der Waals surface area contributed by atoms with Gasteiger partial charge in [0.2, 0.25) is 0 Å². The van der Waals surface area contributed by atoms with Gasteiger partial charge >= 0.3 is 10.2 Å². The predicted octanol–water partition coefficient (Wildman–Crippen LogP) is 1.12. The first-order valence-corrected chi connectivity index (χ1v) is 4.78. The molecule has 0 aliphatic rings. The molecular formula is C6H9FN2O2S. The van der Waals surface area contributed by atoms with E-state index in [-0.39, 0.29) is 6.04 Å². The van der Waals surface area contributed by atoms with Crippen molar-refractivity contribution in [3.05, 3.63) is 12.4 Å². The second-order valence-corrected chi connectivity index (χ2v) is 4.03. The molecule has 0 N–H and O–H groups in total. The zero-order valence-electron chi connectivity index (χ0n) is 6.73. The van der Waals surface area contributed by atoms with E-state index < -0.39 is 15.1 Å². The average molecular weight is 192 g/mol. The molecule has 12 heavy (non-hydrogen) atoms. The van der Waals surface area contributed by atoms with Crippen molar-refractivity contribution in [1.82, 2.24) is 9.78 Å². The van der Waals surface area contributed by atoms with Gasteiger partial charge in [0.15, 0.2) is 0 Å². The fraction of sp³-hybridized carbons (Fsp3) is 0.500. The Kier molecular flexibility index (Phi) is 2.18. The fourth-order valence-electron chi connectivity index (χ4n) is 0.729. The number of hydrogen-bond donors (Lipinski definition) is 0. The van der Waals surface area contributed by atoms with E-state index >= 15 is 0 Å². The van der Waals surface area contributed by atoms with Crippen LogP contribution in [0.3, 0.4) is 0 Å². The summed E-state index contributed by atoms with van der Waals surface area (Å²) in [4.78, 5) is -0.392. The second-order valence-electron chi connectivity index (χ2n) is 2.69. The third-order valence-electron chi connectivity index (χ3n) is 1.39. The van der Waals surface area contributed by atoms with Crippen molar-refractivity contribution in [3.8, 4) is 0 Å². The van der Waals surface area contributed by atoms with E-state index in [1.54, 1.807) is 0 Å². The number of rotatable bonds is 2. The Balaban J connectivity index is 3.09. The summed E-state index contributed by atoms with van der Waals surface area (Å²) in [6.45, 7) is 3.64. The summed E-state index contributed by atoms with van der Waals surface area (Å²) < 4.78 is 34.4. The van der Waals surface area contributed by atoms with Gasteiger partial charge in [0, 0.05) is 12.2 Å². The van der Waals surface area contributed by atoms with Crippen LogP contribution in [0.1, 0.15) is 19.9 Å². The normalized spacial score (nSPS) is 12.3. The molecule has 1 heterocycles. The first kappa shape index (κ1) is 9.18. The molecule has 0 unspecified atom stereocenters. The summed E-state index contributed by atoms with van der Waals surface area (Å²) in [5.74, 6) is 0. The van der Waals surface area contributed by atoms with Crippen molar-refractivity contribution in [1.29, 1.82) is 0 Å². The highest BCUT2D eigenvalue weighted by atomic mass is 32.3. The second kappa shape index (κ2) is 2.85. The lowest BCUT2D eigenvalue weighted by Gasteiger charge is -2.02. The van der Waals surface area contributed by atoms with Crippen LogP contribution in [0.2, 0.25) is 0 Å². The summed E-state index contributed by atoms with van der Waals surface area (Å²) >= 11 is 0. The summed E-state index contributed by atoms with van der Waals surface area (Å²) in [6.07, 6.45) is 2.16. The molecule has 1 aromatic rings. The van der Waals surface area contributed by atoms with Gasteiger partial charge in [0.05, 0.1) is 6.20 Å². The quantitative estimate of drug-likeness (QED) is 0.660. The van der Waals surface area contributed by atoms with E-state index in [0.29, 0.717) is 0 Å². The Bertz CT molecular complexity index is 369.